The lowest BCUT2D eigenvalue weighted by molar-refractivity contribution is -0.116. The predicted molar refractivity (Wildman–Crippen MR) is 98.7 cm³/mol. The van der Waals surface area contributed by atoms with E-state index in [1.54, 1.807) is 18.2 Å². The third-order valence-electron chi connectivity index (χ3n) is 3.70. The summed E-state index contributed by atoms with van der Waals surface area (Å²) in [4.78, 5) is 30.1. The fraction of sp³-hybridized carbons (Fsp3) is 0.167. The highest BCUT2D eigenvalue weighted by Gasteiger charge is 2.24. The number of likely N-dealkylation sites (N-methyl/N-ethyl adjacent to an activating group) is 1. The maximum Gasteiger partial charge on any atom is 0.276 e. The number of nitrogens with one attached hydrogen (secondary N) is 1. The third kappa shape index (κ3) is 3.85. The largest absolute Gasteiger partial charge is 0.461 e. The molecule has 1 N–H and O–H groups in total. The number of halogens is 1. The zero-order valence-electron chi connectivity index (χ0n) is 14.2. The number of rotatable bonds is 5. The van der Waals surface area contributed by atoms with Gasteiger partial charge in [0.25, 0.3) is 5.91 Å². The van der Waals surface area contributed by atoms with E-state index in [1.165, 1.54) is 24.6 Å². The van der Waals surface area contributed by atoms with Crippen LogP contribution < -0.4 is 5.32 Å². The molecule has 0 saturated heterocycles. The van der Waals surface area contributed by atoms with Gasteiger partial charge in [-0.05, 0) is 42.8 Å². The maximum atomic E-state index is 12.6. The number of furan rings is 1. The molecule has 2 amide bonds. The van der Waals surface area contributed by atoms with Crippen molar-refractivity contribution in [1.29, 1.82) is 0 Å². The van der Waals surface area contributed by atoms with Gasteiger partial charge in [0, 0.05) is 17.2 Å². The average molecular weight is 418 g/mol. The number of aromatic nitrogens is 1. The van der Waals surface area contributed by atoms with E-state index in [1.807, 2.05) is 19.1 Å². The molecular formula is C18H16BrN3O4. The standard InChI is InChI=1S/C18H16BrN3O4/c1-11-8-12(19)5-6-13(11)21-15(23)9-22(2)18(24)16-17(26-10-20-16)14-4-3-7-25-14/h3-8,10H,9H2,1-2H3,(H,21,23). The van der Waals surface area contributed by atoms with Gasteiger partial charge >= 0.3 is 0 Å². The van der Waals surface area contributed by atoms with Crippen molar-refractivity contribution in [3.8, 4) is 11.5 Å². The number of benzene rings is 1. The van der Waals surface area contributed by atoms with Gasteiger partial charge in [-0.2, -0.15) is 0 Å². The number of hydrogen-bond acceptors (Lipinski definition) is 5. The van der Waals surface area contributed by atoms with Crippen molar-refractivity contribution in [3.05, 3.63) is 58.7 Å². The van der Waals surface area contributed by atoms with Crippen LogP contribution in [0.1, 0.15) is 16.1 Å². The second-order valence-corrected chi connectivity index (χ2v) is 6.59. The van der Waals surface area contributed by atoms with Crippen molar-refractivity contribution in [2.75, 3.05) is 18.9 Å². The first kappa shape index (κ1) is 17.9. The van der Waals surface area contributed by atoms with Gasteiger partial charge in [0.2, 0.25) is 11.7 Å². The van der Waals surface area contributed by atoms with Crippen molar-refractivity contribution in [2.24, 2.45) is 0 Å². The number of amides is 2. The molecule has 0 bridgehead atoms. The average Bonchev–Trinajstić information content (AvgIpc) is 3.27. The van der Waals surface area contributed by atoms with Gasteiger partial charge in [0.1, 0.15) is 0 Å². The summed E-state index contributed by atoms with van der Waals surface area (Å²) in [5, 5.41) is 2.79. The second-order valence-electron chi connectivity index (χ2n) is 5.68. The normalized spacial score (nSPS) is 10.6. The van der Waals surface area contributed by atoms with E-state index in [0.717, 1.165) is 10.0 Å². The minimum absolute atomic E-state index is 0.0927. The van der Waals surface area contributed by atoms with Gasteiger partial charge in [-0.25, -0.2) is 4.98 Å². The van der Waals surface area contributed by atoms with Crippen molar-refractivity contribution in [2.45, 2.75) is 6.92 Å². The molecule has 0 radical (unpaired) electrons. The lowest BCUT2D eigenvalue weighted by atomic mass is 10.2. The minimum Gasteiger partial charge on any atom is -0.461 e. The molecule has 26 heavy (non-hydrogen) atoms. The molecular weight excluding hydrogens is 402 g/mol. The fourth-order valence-electron chi connectivity index (χ4n) is 2.41. The first-order valence-electron chi connectivity index (χ1n) is 7.74. The van der Waals surface area contributed by atoms with Crippen LogP contribution in [0.3, 0.4) is 0 Å². The molecule has 8 heteroatoms. The van der Waals surface area contributed by atoms with Crippen molar-refractivity contribution in [3.63, 3.8) is 0 Å². The van der Waals surface area contributed by atoms with E-state index in [0.29, 0.717) is 11.4 Å². The van der Waals surface area contributed by atoms with Crippen molar-refractivity contribution in [1.82, 2.24) is 9.88 Å². The molecule has 0 aliphatic heterocycles. The van der Waals surface area contributed by atoms with E-state index < -0.39 is 5.91 Å². The number of hydrogen-bond donors (Lipinski definition) is 1. The zero-order chi connectivity index (χ0) is 18.7. The van der Waals surface area contributed by atoms with Crippen LogP contribution in [0.15, 0.2) is 56.3 Å². The summed E-state index contributed by atoms with van der Waals surface area (Å²) in [7, 11) is 1.52. The molecule has 134 valence electrons. The number of anilines is 1. The van der Waals surface area contributed by atoms with Crippen LogP contribution in [0.2, 0.25) is 0 Å². The van der Waals surface area contributed by atoms with Gasteiger partial charge in [-0.1, -0.05) is 15.9 Å². The number of oxazole rings is 1. The Hall–Kier alpha value is -2.87. The number of carbonyl (C=O) groups excluding carboxylic acids is 2. The molecule has 0 atom stereocenters. The molecule has 3 aromatic rings. The Morgan fingerprint density at radius 2 is 2.08 bits per heavy atom. The Kier molecular flexibility index (Phi) is 5.22. The zero-order valence-corrected chi connectivity index (χ0v) is 15.7. The van der Waals surface area contributed by atoms with Crippen LogP contribution in [0.5, 0.6) is 0 Å². The monoisotopic (exact) mass is 417 g/mol. The fourth-order valence-corrected chi connectivity index (χ4v) is 2.88. The summed E-state index contributed by atoms with van der Waals surface area (Å²) < 4.78 is 11.4. The van der Waals surface area contributed by atoms with Crippen LogP contribution in [0, 0.1) is 6.92 Å². The maximum absolute atomic E-state index is 12.6. The molecule has 0 spiro atoms. The van der Waals surface area contributed by atoms with E-state index in [4.69, 9.17) is 8.83 Å². The van der Waals surface area contributed by atoms with Gasteiger partial charge in [0.15, 0.2) is 17.8 Å². The summed E-state index contributed by atoms with van der Waals surface area (Å²) in [6.45, 7) is 1.76. The Labute approximate surface area is 158 Å². The van der Waals surface area contributed by atoms with Crippen LogP contribution in [-0.2, 0) is 4.79 Å². The molecule has 2 heterocycles. The predicted octanol–water partition coefficient (Wildman–Crippen LogP) is 3.72. The third-order valence-corrected chi connectivity index (χ3v) is 4.20. The Bertz CT molecular complexity index is 934. The van der Waals surface area contributed by atoms with Gasteiger partial charge in [-0.15, -0.1) is 0 Å². The summed E-state index contributed by atoms with van der Waals surface area (Å²) >= 11 is 3.38. The molecule has 0 aliphatic carbocycles. The highest BCUT2D eigenvalue weighted by molar-refractivity contribution is 9.10. The number of nitrogens with zero attached hydrogens (tertiary/aromatic N) is 2. The SMILES string of the molecule is Cc1cc(Br)ccc1NC(=O)CN(C)C(=O)c1ncoc1-c1ccco1. The molecule has 3 rings (SSSR count). The molecule has 1 aromatic carbocycles. The van der Waals surface area contributed by atoms with Crippen LogP contribution >= 0.6 is 15.9 Å². The second kappa shape index (κ2) is 7.57. The topological polar surface area (TPSA) is 88.6 Å². The van der Waals surface area contributed by atoms with E-state index in [9.17, 15) is 9.59 Å². The summed E-state index contributed by atoms with van der Waals surface area (Å²) in [5.41, 5.74) is 1.70. The van der Waals surface area contributed by atoms with E-state index in [2.05, 4.69) is 26.2 Å². The molecule has 7 nitrogen and oxygen atoms in total. The van der Waals surface area contributed by atoms with Crippen molar-refractivity contribution >= 4 is 33.4 Å². The minimum atomic E-state index is -0.437. The Balaban J connectivity index is 1.68. The number of aryl methyl sites for hydroxylation is 1. The molecule has 0 fully saturated rings. The smallest absolute Gasteiger partial charge is 0.276 e. The molecule has 0 saturated carbocycles. The van der Waals surface area contributed by atoms with Crippen LogP contribution in [0.25, 0.3) is 11.5 Å². The quantitative estimate of drug-likeness (QED) is 0.683. The molecule has 2 aromatic heterocycles. The summed E-state index contributed by atoms with van der Waals surface area (Å²) in [6.07, 6.45) is 2.65. The first-order chi connectivity index (χ1) is 12.5. The lowest BCUT2D eigenvalue weighted by Gasteiger charge is -2.16. The number of carbonyl (C=O) groups is 2. The Morgan fingerprint density at radius 3 is 2.77 bits per heavy atom. The van der Waals surface area contributed by atoms with E-state index >= 15 is 0 Å². The van der Waals surface area contributed by atoms with Gasteiger partial charge in [0.05, 0.1) is 12.8 Å². The molecule has 0 unspecified atom stereocenters. The summed E-state index contributed by atoms with van der Waals surface area (Å²) in [6, 6.07) is 8.88. The van der Waals surface area contributed by atoms with Crippen LogP contribution in [-0.4, -0.2) is 35.3 Å². The van der Waals surface area contributed by atoms with Gasteiger partial charge < -0.3 is 19.1 Å². The van der Waals surface area contributed by atoms with Gasteiger partial charge in [-0.3, -0.25) is 9.59 Å². The first-order valence-corrected chi connectivity index (χ1v) is 8.54. The Morgan fingerprint density at radius 1 is 1.27 bits per heavy atom. The van der Waals surface area contributed by atoms with Crippen LogP contribution in [0.4, 0.5) is 5.69 Å². The highest BCUT2D eigenvalue weighted by atomic mass is 79.9. The van der Waals surface area contributed by atoms with E-state index in [-0.39, 0.29) is 23.9 Å². The highest BCUT2D eigenvalue weighted by Crippen LogP contribution is 2.24. The lowest BCUT2D eigenvalue weighted by Crippen LogP contribution is -2.35. The summed E-state index contributed by atoms with van der Waals surface area (Å²) in [5.74, 6) is -0.118. The molecule has 0 aliphatic rings. The van der Waals surface area contributed by atoms with Crippen molar-refractivity contribution < 1.29 is 18.4 Å².